The van der Waals surface area contributed by atoms with Crippen molar-refractivity contribution in [2.24, 2.45) is 0 Å². The van der Waals surface area contributed by atoms with E-state index in [9.17, 15) is 9.59 Å². The first-order valence-electron chi connectivity index (χ1n) is 8.95. The molecule has 0 atom stereocenters. The number of hydrogen-bond acceptors (Lipinski definition) is 3. The summed E-state index contributed by atoms with van der Waals surface area (Å²) in [6, 6.07) is 13.9. The fourth-order valence-corrected chi connectivity index (χ4v) is 2.70. The Balaban J connectivity index is 1.78. The Hall–Kier alpha value is -2.46. The molecule has 4 nitrogen and oxygen atoms in total. The number of carbonyl (C=O) groups excluding carboxylic acids is 2. The van der Waals surface area contributed by atoms with Crippen molar-refractivity contribution < 1.29 is 9.59 Å². The van der Waals surface area contributed by atoms with E-state index in [1.807, 2.05) is 58.3 Å². The van der Waals surface area contributed by atoms with Gasteiger partial charge in [0.1, 0.15) is 0 Å². The summed E-state index contributed by atoms with van der Waals surface area (Å²) in [6.07, 6.45) is 0.445. The van der Waals surface area contributed by atoms with E-state index in [-0.39, 0.29) is 24.5 Å². The minimum absolute atomic E-state index is 0.0105. The largest absolute Gasteiger partial charge is 0.352 e. The smallest absolute Gasteiger partial charge is 0.220 e. The van der Waals surface area contributed by atoms with Crippen molar-refractivity contribution in [3.05, 3.63) is 70.3 Å². The summed E-state index contributed by atoms with van der Waals surface area (Å²) in [7, 11) is 4.07. The van der Waals surface area contributed by atoms with Gasteiger partial charge in [-0.3, -0.25) is 9.59 Å². The summed E-state index contributed by atoms with van der Waals surface area (Å²) in [6.45, 7) is 5.39. The number of amides is 1. The van der Waals surface area contributed by atoms with E-state index in [0.717, 1.165) is 23.2 Å². The van der Waals surface area contributed by atoms with Crippen molar-refractivity contribution in [1.29, 1.82) is 0 Å². The Labute approximate surface area is 156 Å². The number of nitrogens with one attached hydrogen (secondary N) is 1. The Morgan fingerprint density at radius 3 is 2.15 bits per heavy atom. The molecule has 4 heteroatoms. The number of nitrogens with zero attached hydrogens (tertiary/aromatic N) is 1. The Morgan fingerprint density at radius 2 is 1.54 bits per heavy atom. The molecule has 0 aliphatic carbocycles. The van der Waals surface area contributed by atoms with E-state index >= 15 is 0 Å². The molecule has 26 heavy (non-hydrogen) atoms. The summed E-state index contributed by atoms with van der Waals surface area (Å²) < 4.78 is 0. The highest BCUT2D eigenvalue weighted by Gasteiger charge is 2.10. The lowest BCUT2D eigenvalue weighted by Crippen LogP contribution is -2.23. The lowest BCUT2D eigenvalue weighted by atomic mass is 10.0. The fraction of sp³-hybridized carbons (Fsp3) is 0.364. The first-order valence-corrected chi connectivity index (χ1v) is 8.95. The van der Waals surface area contributed by atoms with E-state index in [1.165, 1.54) is 5.56 Å². The number of hydrogen-bond donors (Lipinski definition) is 1. The van der Waals surface area contributed by atoms with Crippen LogP contribution < -0.4 is 5.32 Å². The van der Waals surface area contributed by atoms with Crippen LogP contribution in [0.1, 0.15) is 45.5 Å². The fourth-order valence-electron chi connectivity index (χ4n) is 2.70. The highest BCUT2D eigenvalue weighted by Crippen LogP contribution is 2.12. The van der Waals surface area contributed by atoms with Gasteiger partial charge >= 0.3 is 0 Å². The number of rotatable bonds is 8. The lowest BCUT2D eigenvalue weighted by Gasteiger charge is -2.10. The average molecular weight is 352 g/mol. The molecule has 138 valence electrons. The maximum Gasteiger partial charge on any atom is 0.220 e. The van der Waals surface area contributed by atoms with Crippen LogP contribution in [0.3, 0.4) is 0 Å². The van der Waals surface area contributed by atoms with Gasteiger partial charge in [0.05, 0.1) is 0 Å². The summed E-state index contributed by atoms with van der Waals surface area (Å²) >= 11 is 0. The number of aryl methyl sites for hydroxylation is 2. The van der Waals surface area contributed by atoms with Crippen molar-refractivity contribution in [3.63, 3.8) is 0 Å². The van der Waals surface area contributed by atoms with Crippen LogP contribution in [0.4, 0.5) is 0 Å². The van der Waals surface area contributed by atoms with Gasteiger partial charge in [-0.05, 0) is 56.3 Å². The molecule has 2 rings (SSSR count). The first-order chi connectivity index (χ1) is 12.3. The van der Waals surface area contributed by atoms with Gasteiger partial charge in [0.2, 0.25) is 5.91 Å². The monoisotopic (exact) mass is 352 g/mol. The third-order valence-corrected chi connectivity index (χ3v) is 4.42. The summed E-state index contributed by atoms with van der Waals surface area (Å²) in [5.74, 6) is -0.0872. The van der Waals surface area contributed by atoms with Gasteiger partial charge in [0, 0.05) is 31.5 Å². The number of Topliss-reactive ketones (excluding diaryl/α,β-unsaturated/α-hetero) is 1. The predicted molar refractivity (Wildman–Crippen MR) is 105 cm³/mol. The molecule has 0 aliphatic heterocycles. The molecular formula is C22H28N2O2. The van der Waals surface area contributed by atoms with Crippen LogP contribution >= 0.6 is 0 Å². The van der Waals surface area contributed by atoms with Gasteiger partial charge in [-0.15, -0.1) is 0 Å². The summed E-state index contributed by atoms with van der Waals surface area (Å²) in [5.41, 5.74) is 5.23. The van der Waals surface area contributed by atoms with Crippen LogP contribution in [0.15, 0.2) is 42.5 Å². The van der Waals surface area contributed by atoms with E-state index in [2.05, 4.69) is 22.3 Å². The van der Waals surface area contributed by atoms with Crippen LogP contribution in [0.5, 0.6) is 0 Å². The predicted octanol–water partition coefficient (Wildman–Crippen LogP) is 3.64. The molecule has 0 spiro atoms. The number of ketones is 1. The van der Waals surface area contributed by atoms with Crippen LogP contribution in [0, 0.1) is 13.8 Å². The van der Waals surface area contributed by atoms with Crippen molar-refractivity contribution >= 4 is 11.7 Å². The van der Waals surface area contributed by atoms with Crippen LogP contribution in [0.2, 0.25) is 0 Å². The molecule has 0 radical (unpaired) electrons. The van der Waals surface area contributed by atoms with Gasteiger partial charge in [-0.1, -0.05) is 36.4 Å². The SMILES string of the molecule is Cc1ccc(C(=O)CCC(=O)NCc2ccc(CN(C)C)cc2)cc1C. The second-order valence-electron chi connectivity index (χ2n) is 7.05. The normalized spacial score (nSPS) is 10.8. The van der Waals surface area contributed by atoms with Crippen LogP contribution in [-0.2, 0) is 17.9 Å². The first kappa shape index (κ1) is 19.9. The standard InChI is InChI=1S/C22H28N2O2/c1-16-5-10-20(13-17(16)2)21(25)11-12-22(26)23-14-18-6-8-19(9-7-18)15-24(3)4/h5-10,13H,11-12,14-15H2,1-4H3,(H,23,26). The molecule has 0 bridgehead atoms. The maximum atomic E-state index is 12.2. The minimum Gasteiger partial charge on any atom is -0.352 e. The van der Waals surface area contributed by atoms with Crippen LogP contribution in [-0.4, -0.2) is 30.7 Å². The minimum atomic E-state index is -0.0976. The average Bonchev–Trinajstić information content (AvgIpc) is 2.61. The molecule has 0 saturated carbocycles. The highest BCUT2D eigenvalue weighted by molar-refractivity contribution is 5.98. The van der Waals surface area contributed by atoms with Crippen LogP contribution in [0.25, 0.3) is 0 Å². The Morgan fingerprint density at radius 1 is 0.885 bits per heavy atom. The lowest BCUT2D eigenvalue weighted by molar-refractivity contribution is -0.121. The third-order valence-electron chi connectivity index (χ3n) is 4.42. The van der Waals surface area contributed by atoms with E-state index < -0.39 is 0 Å². The van der Waals surface area contributed by atoms with Gasteiger partial charge in [0.15, 0.2) is 5.78 Å². The number of carbonyl (C=O) groups is 2. The van der Waals surface area contributed by atoms with E-state index in [4.69, 9.17) is 0 Å². The molecule has 0 aromatic heterocycles. The Kier molecular flexibility index (Phi) is 7.10. The molecule has 0 fully saturated rings. The van der Waals surface area contributed by atoms with E-state index in [0.29, 0.717) is 12.1 Å². The summed E-state index contributed by atoms with van der Waals surface area (Å²) in [5, 5.41) is 2.88. The second kappa shape index (κ2) is 9.30. The molecule has 0 saturated heterocycles. The summed E-state index contributed by atoms with van der Waals surface area (Å²) in [4.78, 5) is 26.4. The molecule has 2 aromatic carbocycles. The Bertz CT molecular complexity index is 764. The zero-order chi connectivity index (χ0) is 19.1. The molecule has 1 N–H and O–H groups in total. The quantitative estimate of drug-likeness (QED) is 0.738. The van der Waals surface area contributed by atoms with Crippen molar-refractivity contribution in [2.45, 2.75) is 39.8 Å². The van der Waals surface area contributed by atoms with Crippen molar-refractivity contribution in [3.8, 4) is 0 Å². The highest BCUT2D eigenvalue weighted by atomic mass is 16.2. The third kappa shape index (κ3) is 6.12. The van der Waals surface area contributed by atoms with Gasteiger partial charge in [0.25, 0.3) is 0 Å². The van der Waals surface area contributed by atoms with Gasteiger partial charge in [-0.2, -0.15) is 0 Å². The maximum absolute atomic E-state index is 12.2. The van der Waals surface area contributed by atoms with Crippen molar-refractivity contribution in [2.75, 3.05) is 14.1 Å². The molecular weight excluding hydrogens is 324 g/mol. The second-order valence-corrected chi connectivity index (χ2v) is 7.05. The molecule has 0 unspecified atom stereocenters. The van der Waals surface area contributed by atoms with E-state index in [1.54, 1.807) is 0 Å². The number of benzene rings is 2. The zero-order valence-electron chi connectivity index (χ0n) is 16.1. The van der Waals surface area contributed by atoms with Gasteiger partial charge < -0.3 is 10.2 Å². The van der Waals surface area contributed by atoms with Crippen molar-refractivity contribution in [1.82, 2.24) is 10.2 Å². The zero-order valence-corrected chi connectivity index (χ0v) is 16.1. The molecule has 2 aromatic rings. The topological polar surface area (TPSA) is 49.4 Å². The molecule has 1 amide bonds. The molecule has 0 heterocycles. The van der Waals surface area contributed by atoms with Gasteiger partial charge in [-0.25, -0.2) is 0 Å². The molecule has 0 aliphatic rings.